The van der Waals surface area contributed by atoms with Gasteiger partial charge in [-0.05, 0) is 67.7 Å². The van der Waals surface area contributed by atoms with Crippen LogP contribution in [0.2, 0.25) is 0 Å². The molecule has 3 aromatic rings. The molecule has 5 rings (SSSR count). The number of Topliss-reactive ketones (excluding diaryl/α,β-unsaturated/α-hetero) is 1. The summed E-state index contributed by atoms with van der Waals surface area (Å²) >= 11 is 0. The first-order valence-electron chi connectivity index (χ1n) is 13.7. The van der Waals surface area contributed by atoms with E-state index in [9.17, 15) is 9.59 Å². The van der Waals surface area contributed by atoms with Gasteiger partial charge in [0.2, 0.25) is 0 Å². The lowest BCUT2D eigenvalue weighted by Gasteiger charge is -2.28. The van der Waals surface area contributed by atoms with E-state index in [0.29, 0.717) is 24.7 Å². The van der Waals surface area contributed by atoms with Crippen LogP contribution >= 0.6 is 0 Å². The zero-order chi connectivity index (χ0) is 27.2. The lowest BCUT2D eigenvalue weighted by atomic mass is 9.84. The third kappa shape index (κ3) is 6.58. The van der Waals surface area contributed by atoms with Gasteiger partial charge in [0.1, 0.15) is 36.2 Å². The minimum atomic E-state index is -0.420. The highest BCUT2D eigenvalue weighted by molar-refractivity contribution is 6.03. The zero-order valence-electron chi connectivity index (χ0n) is 22.7. The Hall–Kier alpha value is -3.90. The number of carbonyl (C=O) groups is 2. The van der Waals surface area contributed by atoms with E-state index >= 15 is 0 Å². The number of nitrogens with zero attached hydrogens (tertiary/aromatic N) is 1. The average Bonchev–Trinajstić information content (AvgIpc) is 2.93. The molecule has 0 N–H and O–H groups in total. The molecular weight excluding hydrogens is 490 g/mol. The first-order chi connectivity index (χ1) is 19.0. The van der Waals surface area contributed by atoms with E-state index in [4.69, 9.17) is 14.2 Å². The van der Waals surface area contributed by atoms with Crippen molar-refractivity contribution in [3.63, 3.8) is 0 Å². The lowest BCUT2D eigenvalue weighted by molar-refractivity contribution is -0.131. The molecule has 6 nitrogen and oxygen atoms in total. The number of benzene rings is 3. The molecule has 1 fully saturated rings. The summed E-state index contributed by atoms with van der Waals surface area (Å²) in [6, 6.07) is 21.8. The number of fused-ring (bicyclic) bond motifs is 1. The molecule has 39 heavy (non-hydrogen) atoms. The molecule has 0 bridgehead atoms. The van der Waals surface area contributed by atoms with Crippen molar-refractivity contribution in [3.05, 3.63) is 89.0 Å². The smallest absolute Gasteiger partial charge is 0.308 e. The van der Waals surface area contributed by atoms with Crippen molar-refractivity contribution >= 4 is 22.9 Å². The summed E-state index contributed by atoms with van der Waals surface area (Å²) in [6.45, 7) is 7.18. The number of ether oxygens (including phenoxy) is 3. The van der Waals surface area contributed by atoms with Crippen molar-refractivity contribution in [1.29, 1.82) is 0 Å². The molecule has 1 saturated heterocycles. The molecule has 0 aliphatic carbocycles. The molecule has 202 valence electrons. The lowest BCUT2D eigenvalue weighted by Crippen LogP contribution is -2.33. The topological polar surface area (TPSA) is 65.1 Å². The largest absolute Gasteiger partial charge is 0.492 e. The second kappa shape index (κ2) is 12.3. The molecule has 2 aliphatic heterocycles. The van der Waals surface area contributed by atoms with Gasteiger partial charge in [-0.2, -0.15) is 0 Å². The van der Waals surface area contributed by atoms with Crippen molar-refractivity contribution in [2.24, 2.45) is 0 Å². The fourth-order valence-electron chi connectivity index (χ4n) is 5.43. The van der Waals surface area contributed by atoms with Crippen LogP contribution in [0.4, 0.5) is 0 Å². The van der Waals surface area contributed by atoms with Gasteiger partial charge in [-0.3, -0.25) is 14.5 Å². The molecule has 0 radical (unpaired) electrons. The average molecular weight is 526 g/mol. The second-order valence-electron chi connectivity index (χ2n) is 10.2. The Bertz CT molecular complexity index is 1350. The van der Waals surface area contributed by atoms with E-state index in [2.05, 4.69) is 29.2 Å². The Morgan fingerprint density at radius 2 is 1.62 bits per heavy atom. The molecule has 0 amide bonds. The zero-order valence-corrected chi connectivity index (χ0v) is 22.7. The highest BCUT2D eigenvalue weighted by Gasteiger charge is 2.27. The number of esters is 1. The standard InChI is InChI=1S/C33H35NO5/c1-23(35)19-27-20-29(39-24(2)36)21-31-33(27)32(30(22-38-31)25-9-5-3-6-10-25)26-11-13-28(14-12-26)37-18-17-34-15-7-4-8-16-34/h3,5-6,9-14,20-21H,4,7-8,15-19,22H2,1-2H3. The Labute approximate surface area is 230 Å². The highest BCUT2D eigenvalue weighted by atomic mass is 16.5. The van der Waals surface area contributed by atoms with E-state index in [-0.39, 0.29) is 12.2 Å². The van der Waals surface area contributed by atoms with Gasteiger partial charge in [-0.1, -0.05) is 48.9 Å². The summed E-state index contributed by atoms with van der Waals surface area (Å²) < 4.78 is 17.7. The van der Waals surface area contributed by atoms with Gasteiger partial charge < -0.3 is 14.2 Å². The molecule has 3 aromatic carbocycles. The van der Waals surface area contributed by atoms with E-state index < -0.39 is 5.97 Å². The summed E-state index contributed by atoms with van der Waals surface area (Å²) in [6.07, 6.45) is 4.07. The summed E-state index contributed by atoms with van der Waals surface area (Å²) in [5.41, 5.74) is 5.72. The Morgan fingerprint density at radius 1 is 0.872 bits per heavy atom. The van der Waals surface area contributed by atoms with Crippen LogP contribution < -0.4 is 14.2 Å². The SMILES string of the molecule is CC(=O)Cc1cc(OC(C)=O)cc2c1C(c1ccc(OCCN3CCCCC3)cc1)=C(c1ccccc1)CO2. The van der Waals surface area contributed by atoms with Crippen LogP contribution in [-0.4, -0.2) is 49.5 Å². The van der Waals surface area contributed by atoms with E-state index in [1.807, 2.05) is 30.3 Å². The van der Waals surface area contributed by atoms with Crippen LogP contribution in [0.1, 0.15) is 55.4 Å². The molecule has 0 atom stereocenters. The number of ketones is 1. The fourth-order valence-corrected chi connectivity index (χ4v) is 5.43. The fraction of sp³-hybridized carbons (Fsp3) is 0.333. The molecular formula is C33H35NO5. The number of likely N-dealkylation sites (tertiary alicyclic amines) is 1. The van der Waals surface area contributed by atoms with Gasteiger partial charge >= 0.3 is 5.97 Å². The quantitative estimate of drug-likeness (QED) is 0.254. The molecule has 0 spiro atoms. The predicted octanol–water partition coefficient (Wildman–Crippen LogP) is 5.96. The van der Waals surface area contributed by atoms with E-state index in [0.717, 1.165) is 58.8 Å². The van der Waals surface area contributed by atoms with Crippen LogP contribution in [0.5, 0.6) is 17.2 Å². The number of carbonyl (C=O) groups excluding carboxylic acids is 2. The van der Waals surface area contributed by atoms with Gasteiger partial charge in [0.25, 0.3) is 0 Å². The summed E-state index contributed by atoms with van der Waals surface area (Å²) in [4.78, 5) is 26.4. The maximum absolute atomic E-state index is 12.3. The van der Waals surface area contributed by atoms with Crippen LogP contribution in [0, 0.1) is 0 Å². The van der Waals surface area contributed by atoms with Crippen molar-refractivity contribution < 1.29 is 23.8 Å². The van der Waals surface area contributed by atoms with Gasteiger partial charge in [0, 0.05) is 42.7 Å². The molecule has 2 heterocycles. The summed E-state index contributed by atoms with van der Waals surface area (Å²) in [5, 5.41) is 0. The third-order valence-electron chi connectivity index (χ3n) is 7.17. The second-order valence-corrected chi connectivity index (χ2v) is 10.2. The highest BCUT2D eigenvalue weighted by Crippen LogP contribution is 2.45. The van der Waals surface area contributed by atoms with Gasteiger partial charge in [-0.15, -0.1) is 0 Å². The predicted molar refractivity (Wildman–Crippen MR) is 152 cm³/mol. The normalized spacial score (nSPS) is 15.3. The number of rotatable bonds is 9. The van der Waals surface area contributed by atoms with Gasteiger partial charge in [0.05, 0.1) is 0 Å². The monoisotopic (exact) mass is 525 g/mol. The summed E-state index contributed by atoms with van der Waals surface area (Å²) in [7, 11) is 0. The van der Waals surface area contributed by atoms with E-state index in [1.54, 1.807) is 19.1 Å². The van der Waals surface area contributed by atoms with Crippen LogP contribution in [-0.2, 0) is 16.0 Å². The Kier molecular flexibility index (Phi) is 8.42. The van der Waals surface area contributed by atoms with Crippen LogP contribution in [0.15, 0.2) is 66.7 Å². The first-order valence-corrected chi connectivity index (χ1v) is 13.7. The van der Waals surface area contributed by atoms with Crippen molar-refractivity contribution in [3.8, 4) is 17.2 Å². The van der Waals surface area contributed by atoms with E-state index in [1.165, 1.54) is 26.2 Å². The molecule has 2 aliphatic rings. The van der Waals surface area contributed by atoms with Crippen molar-refractivity contribution in [2.45, 2.75) is 39.5 Å². The maximum Gasteiger partial charge on any atom is 0.308 e. The van der Waals surface area contributed by atoms with Crippen LogP contribution in [0.25, 0.3) is 11.1 Å². The first kappa shape index (κ1) is 26.7. The minimum absolute atomic E-state index is 0.0146. The number of hydrogen-bond acceptors (Lipinski definition) is 6. The molecule has 6 heteroatoms. The third-order valence-corrected chi connectivity index (χ3v) is 7.17. The maximum atomic E-state index is 12.3. The van der Waals surface area contributed by atoms with Crippen molar-refractivity contribution in [1.82, 2.24) is 4.90 Å². The summed E-state index contributed by atoms with van der Waals surface area (Å²) in [5.74, 6) is 1.40. The van der Waals surface area contributed by atoms with Crippen LogP contribution in [0.3, 0.4) is 0 Å². The Morgan fingerprint density at radius 3 is 2.31 bits per heavy atom. The number of hydrogen-bond donors (Lipinski definition) is 0. The molecule has 0 unspecified atom stereocenters. The van der Waals surface area contributed by atoms with Crippen molar-refractivity contribution in [2.75, 3.05) is 32.8 Å². The Balaban J connectivity index is 1.52. The van der Waals surface area contributed by atoms with Gasteiger partial charge in [0.15, 0.2) is 0 Å². The molecule has 0 aromatic heterocycles. The van der Waals surface area contributed by atoms with Gasteiger partial charge in [-0.25, -0.2) is 0 Å². The number of piperidine rings is 1. The minimum Gasteiger partial charge on any atom is -0.492 e. The molecule has 0 saturated carbocycles.